The van der Waals surface area contributed by atoms with Crippen molar-refractivity contribution in [3.8, 4) is 0 Å². The van der Waals surface area contributed by atoms with Gasteiger partial charge in [-0.1, -0.05) is 0 Å². The van der Waals surface area contributed by atoms with Gasteiger partial charge in [-0.25, -0.2) is 0 Å². The predicted molar refractivity (Wildman–Crippen MR) is 106 cm³/mol. The van der Waals surface area contributed by atoms with Crippen LogP contribution in [0.3, 0.4) is 0 Å². The molecule has 0 aromatic rings. The second-order valence-electron chi connectivity index (χ2n) is 7.54. The largest absolute Gasteiger partial charge is 0.340 e. The van der Waals surface area contributed by atoms with E-state index >= 15 is 0 Å². The second-order valence-corrected chi connectivity index (χ2v) is 10.2. The van der Waals surface area contributed by atoms with E-state index in [1.807, 2.05) is 11.8 Å². The third-order valence-corrected chi connectivity index (χ3v) is 8.59. The number of rotatable bonds is 5. The molecule has 0 radical (unpaired) electrons. The van der Waals surface area contributed by atoms with E-state index in [1.54, 1.807) is 0 Å². The zero-order chi connectivity index (χ0) is 17.1. The van der Waals surface area contributed by atoms with Gasteiger partial charge in [0.15, 0.2) is 0 Å². The first-order valence-electron chi connectivity index (χ1n) is 9.80. The van der Waals surface area contributed by atoms with Crippen LogP contribution in [0.4, 0.5) is 0 Å². The van der Waals surface area contributed by atoms with E-state index < -0.39 is 0 Å². The highest BCUT2D eigenvalue weighted by molar-refractivity contribution is 8.01. The van der Waals surface area contributed by atoms with Crippen molar-refractivity contribution in [1.29, 1.82) is 0 Å². The smallest absolute Gasteiger partial charge is 0.226 e. The van der Waals surface area contributed by atoms with Crippen LogP contribution in [0.1, 0.15) is 32.1 Å². The van der Waals surface area contributed by atoms with Crippen LogP contribution >= 0.6 is 23.5 Å². The van der Waals surface area contributed by atoms with Crippen molar-refractivity contribution < 1.29 is 4.79 Å². The Hall–Kier alpha value is 0.01000. The quantitative estimate of drug-likeness (QED) is 0.465. The number of thioether (sulfide) groups is 2. The summed E-state index contributed by atoms with van der Waals surface area (Å²) in [5.41, 5.74) is 0. The fourth-order valence-corrected chi connectivity index (χ4v) is 7.13. The summed E-state index contributed by atoms with van der Waals surface area (Å²) in [6.45, 7) is 4.20. The minimum absolute atomic E-state index is 0.101. The molecule has 8 heteroatoms. The van der Waals surface area contributed by atoms with Crippen molar-refractivity contribution in [1.82, 2.24) is 26.6 Å². The number of hydrogen-bond acceptors (Lipinski definition) is 7. The number of amides is 1. The lowest BCUT2D eigenvalue weighted by molar-refractivity contribution is -0.126. The maximum atomic E-state index is 12.7. The summed E-state index contributed by atoms with van der Waals surface area (Å²) in [4.78, 5) is 12.7. The Kier molecular flexibility index (Phi) is 6.47. The summed E-state index contributed by atoms with van der Waals surface area (Å²) in [6.07, 6.45) is 5.91. The first-order valence-corrected chi connectivity index (χ1v) is 11.8. The summed E-state index contributed by atoms with van der Waals surface area (Å²) in [7, 11) is 0. The standard InChI is InChI=1S/C17H31N5OS2/c23-16(22-14-3-1-2-6-19-14)11-5-8-24-17(11)20-10-15-21-12-9-18-7-4-13(12)25-15/h11-15,17-21H,1-10H2,(H,22,23). The molecular formula is C17H31N5OS2. The fourth-order valence-electron chi connectivity index (χ4n) is 4.30. The minimum atomic E-state index is 0.101. The highest BCUT2D eigenvalue weighted by Gasteiger charge is 2.38. The van der Waals surface area contributed by atoms with E-state index in [0.29, 0.717) is 11.4 Å². The number of carbonyl (C=O) groups excluding carboxylic acids is 1. The molecule has 4 rings (SSSR count). The molecule has 0 bridgehead atoms. The van der Waals surface area contributed by atoms with E-state index in [-0.39, 0.29) is 23.4 Å². The molecule has 6 atom stereocenters. The predicted octanol–water partition coefficient (Wildman–Crippen LogP) is 0.264. The molecule has 4 fully saturated rings. The molecule has 4 aliphatic rings. The first-order chi connectivity index (χ1) is 12.3. The minimum Gasteiger partial charge on any atom is -0.340 e. The lowest BCUT2D eigenvalue weighted by Gasteiger charge is -2.27. The van der Waals surface area contributed by atoms with Crippen LogP contribution in [0.25, 0.3) is 0 Å². The van der Waals surface area contributed by atoms with Crippen molar-refractivity contribution in [2.75, 3.05) is 31.9 Å². The van der Waals surface area contributed by atoms with Crippen LogP contribution in [0.15, 0.2) is 0 Å². The molecule has 5 N–H and O–H groups in total. The van der Waals surface area contributed by atoms with Crippen LogP contribution < -0.4 is 26.6 Å². The summed E-state index contributed by atoms with van der Waals surface area (Å²) in [6, 6.07) is 0.609. The molecule has 0 saturated carbocycles. The summed E-state index contributed by atoms with van der Waals surface area (Å²) < 4.78 is 0. The lowest BCUT2D eigenvalue weighted by Crippen LogP contribution is -2.52. The molecule has 0 aromatic heterocycles. The Labute approximate surface area is 159 Å². The van der Waals surface area contributed by atoms with Crippen molar-refractivity contribution in [3.63, 3.8) is 0 Å². The van der Waals surface area contributed by atoms with E-state index in [0.717, 1.165) is 50.0 Å². The van der Waals surface area contributed by atoms with Crippen LogP contribution in [-0.4, -0.2) is 66.0 Å². The van der Waals surface area contributed by atoms with E-state index in [1.165, 1.54) is 19.3 Å². The van der Waals surface area contributed by atoms with Gasteiger partial charge in [0, 0.05) is 24.4 Å². The molecule has 0 aromatic carbocycles. The lowest BCUT2D eigenvalue weighted by atomic mass is 10.0. The van der Waals surface area contributed by atoms with Gasteiger partial charge in [0.2, 0.25) is 5.91 Å². The Balaban J connectivity index is 1.23. The Bertz CT molecular complexity index is 448. The van der Waals surface area contributed by atoms with Crippen molar-refractivity contribution in [2.45, 2.75) is 60.3 Å². The van der Waals surface area contributed by atoms with Gasteiger partial charge in [0.1, 0.15) is 0 Å². The zero-order valence-electron chi connectivity index (χ0n) is 14.8. The highest BCUT2D eigenvalue weighted by Crippen LogP contribution is 2.33. The van der Waals surface area contributed by atoms with Gasteiger partial charge in [0.25, 0.3) is 0 Å². The molecule has 6 unspecified atom stereocenters. The van der Waals surface area contributed by atoms with Gasteiger partial charge < -0.3 is 16.0 Å². The van der Waals surface area contributed by atoms with Gasteiger partial charge in [-0.15, -0.1) is 23.5 Å². The molecule has 1 amide bonds. The van der Waals surface area contributed by atoms with Crippen LogP contribution in [0.5, 0.6) is 0 Å². The highest BCUT2D eigenvalue weighted by atomic mass is 32.2. The van der Waals surface area contributed by atoms with Crippen molar-refractivity contribution >= 4 is 29.4 Å². The average molecular weight is 386 g/mol. The zero-order valence-corrected chi connectivity index (χ0v) is 16.4. The number of nitrogens with one attached hydrogen (secondary N) is 5. The number of fused-ring (bicyclic) bond motifs is 1. The first kappa shape index (κ1) is 18.4. The van der Waals surface area contributed by atoms with Crippen molar-refractivity contribution in [2.24, 2.45) is 5.92 Å². The molecule has 25 heavy (non-hydrogen) atoms. The Morgan fingerprint density at radius 3 is 2.96 bits per heavy atom. The third-order valence-electron chi connectivity index (χ3n) is 5.72. The summed E-state index contributed by atoms with van der Waals surface area (Å²) in [5, 5.41) is 19.0. The van der Waals surface area contributed by atoms with E-state index in [2.05, 4.69) is 38.3 Å². The van der Waals surface area contributed by atoms with E-state index in [4.69, 9.17) is 0 Å². The average Bonchev–Trinajstić information content (AvgIpc) is 3.27. The maximum absolute atomic E-state index is 12.7. The van der Waals surface area contributed by atoms with Gasteiger partial charge >= 0.3 is 0 Å². The number of carbonyl (C=O) groups is 1. The van der Waals surface area contributed by atoms with Gasteiger partial charge in [-0.3, -0.25) is 15.4 Å². The molecule has 4 aliphatic heterocycles. The molecule has 6 nitrogen and oxygen atoms in total. The van der Waals surface area contributed by atoms with Crippen molar-refractivity contribution in [3.05, 3.63) is 0 Å². The molecule has 4 heterocycles. The van der Waals surface area contributed by atoms with Crippen LogP contribution in [0, 0.1) is 5.92 Å². The van der Waals surface area contributed by atoms with Gasteiger partial charge in [0.05, 0.1) is 22.8 Å². The molecular weight excluding hydrogens is 354 g/mol. The van der Waals surface area contributed by atoms with Gasteiger partial charge in [-0.05, 0) is 50.9 Å². The van der Waals surface area contributed by atoms with Gasteiger partial charge in [-0.2, -0.15) is 0 Å². The van der Waals surface area contributed by atoms with Crippen LogP contribution in [0.2, 0.25) is 0 Å². The normalized spacial score (nSPS) is 41.4. The molecule has 0 aliphatic carbocycles. The molecule has 142 valence electrons. The van der Waals surface area contributed by atoms with Crippen LogP contribution in [-0.2, 0) is 4.79 Å². The molecule has 0 spiro atoms. The number of piperidine rings is 2. The molecule has 4 saturated heterocycles. The van der Waals surface area contributed by atoms with E-state index in [9.17, 15) is 4.79 Å². The third kappa shape index (κ3) is 4.65. The summed E-state index contributed by atoms with van der Waals surface area (Å²) >= 11 is 3.99. The fraction of sp³-hybridized carbons (Fsp3) is 0.941. The monoisotopic (exact) mass is 385 g/mol. The number of hydrogen-bond donors (Lipinski definition) is 5. The Morgan fingerprint density at radius 1 is 1.16 bits per heavy atom. The Morgan fingerprint density at radius 2 is 2.12 bits per heavy atom. The second kappa shape index (κ2) is 8.80. The topological polar surface area (TPSA) is 77.2 Å². The SMILES string of the molecule is O=C(NC1CCCCN1)C1CCSC1NCC1NC2CNCCC2S1. The summed E-state index contributed by atoms with van der Waals surface area (Å²) in [5.74, 6) is 1.41. The maximum Gasteiger partial charge on any atom is 0.226 e.